The maximum atomic E-state index is 10.7. The fourth-order valence-electron chi connectivity index (χ4n) is 0.945. The summed E-state index contributed by atoms with van der Waals surface area (Å²) in [6.07, 6.45) is 0. The zero-order valence-electron chi connectivity index (χ0n) is 8.03. The molecule has 0 saturated carbocycles. The number of ether oxygens (including phenoxy) is 1. The number of halogens is 3. The Morgan fingerprint density at radius 2 is 2.12 bits per heavy atom. The monoisotopic (exact) mass is 390 g/mol. The summed E-state index contributed by atoms with van der Waals surface area (Å²) in [7, 11) is -2.61. The van der Waals surface area contributed by atoms with Gasteiger partial charge in [-0.05, 0) is 18.2 Å². The third-order valence-corrected chi connectivity index (χ3v) is 4.95. The second kappa shape index (κ2) is 6.83. The van der Waals surface area contributed by atoms with E-state index in [0.717, 1.165) is 5.33 Å². The molecule has 16 heavy (non-hydrogen) atoms. The van der Waals surface area contributed by atoms with Crippen molar-refractivity contribution in [3.8, 4) is 5.75 Å². The molecule has 0 aromatic heterocycles. The molecule has 0 saturated heterocycles. The van der Waals surface area contributed by atoms with Gasteiger partial charge in [0.1, 0.15) is 12.4 Å². The highest BCUT2D eigenvalue weighted by molar-refractivity contribution is 9.12. The molecule has 1 rings (SSSR count). The van der Waals surface area contributed by atoms with E-state index in [-0.39, 0.29) is 9.72 Å². The van der Waals surface area contributed by atoms with Gasteiger partial charge in [-0.1, -0.05) is 43.5 Å². The Morgan fingerprint density at radius 1 is 1.44 bits per heavy atom. The average molecular weight is 392 g/mol. The van der Waals surface area contributed by atoms with Crippen molar-refractivity contribution in [3.63, 3.8) is 0 Å². The molecule has 1 unspecified atom stereocenters. The van der Waals surface area contributed by atoms with Gasteiger partial charge in [0.2, 0.25) is 0 Å². The van der Waals surface area contributed by atoms with E-state index < -0.39 is 10.7 Å². The van der Waals surface area contributed by atoms with Crippen molar-refractivity contribution in [1.82, 2.24) is 0 Å². The van der Waals surface area contributed by atoms with Crippen molar-refractivity contribution in [1.29, 1.82) is 0 Å². The molecule has 1 aromatic carbocycles. The Morgan fingerprint density at radius 3 is 2.62 bits per heavy atom. The van der Waals surface area contributed by atoms with Crippen LogP contribution in [0.5, 0.6) is 5.75 Å². The molecular weight excluding hydrogens is 383 g/mol. The molecule has 0 aliphatic heterocycles. The predicted molar refractivity (Wildman–Crippen MR) is 72.0 cm³/mol. The van der Waals surface area contributed by atoms with Gasteiger partial charge in [-0.25, -0.2) is 8.42 Å². The first kappa shape index (κ1) is 14.3. The molecule has 0 aliphatic rings. The lowest BCUT2D eigenvalue weighted by molar-refractivity contribution is 0.325. The molecule has 3 nitrogen and oxygen atoms in total. The normalized spacial score (nSPS) is 12.8. The van der Waals surface area contributed by atoms with E-state index in [0.29, 0.717) is 17.4 Å². The Hall–Kier alpha value is 0.220. The summed E-state index contributed by atoms with van der Waals surface area (Å²) in [4.78, 5) is 0.364. The molecule has 90 valence electrons. The number of hydrogen-bond donors (Lipinski definition) is 1. The Kier molecular flexibility index (Phi) is 6.10. The highest BCUT2D eigenvalue weighted by Crippen LogP contribution is 2.26. The van der Waals surface area contributed by atoms with Crippen LogP contribution in [-0.4, -0.2) is 25.2 Å². The first-order chi connectivity index (χ1) is 7.54. The highest BCUT2D eigenvalue weighted by Gasteiger charge is 2.07. The van der Waals surface area contributed by atoms with Gasteiger partial charge < -0.3 is 4.74 Å². The first-order valence-corrected chi connectivity index (χ1v) is 7.90. The molecule has 7 heteroatoms. The molecule has 1 aromatic rings. The number of alkyl halides is 2. The molecular formula is C9H9Br2ClO3S. The molecule has 0 heterocycles. The molecule has 0 fully saturated rings. The Bertz CT molecular complexity index is 429. The van der Waals surface area contributed by atoms with Gasteiger partial charge in [0, 0.05) is 5.33 Å². The van der Waals surface area contributed by atoms with Gasteiger partial charge in [-0.15, -0.1) is 0 Å². The van der Waals surface area contributed by atoms with E-state index in [9.17, 15) is 8.42 Å². The highest BCUT2D eigenvalue weighted by atomic mass is 79.9. The van der Waals surface area contributed by atoms with Gasteiger partial charge in [-0.2, -0.15) is 0 Å². The van der Waals surface area contributed by atoms with Crippen LogP contribution >= 0.6 is 43.5 Å². The van der Waals surface area contributed by atoms with Crippen LogP contribution in [0.4, 0.5) is 0 Å². The van der Waals surface area contributed by atoms with E-state index in [1.165, 1.54) is 12.1 Å². The van der Waals surface area contributed by atoms with Crippen LogP contribution in [-0.2, 0) is 10.7 Å². The zero-order chi connectivity index (χ0) is 12.1. The van der Waals surface area contributed by atoms with Gasteiger partial charge in [0.15, 0.2) is 10.7 Å². The van der Waals surface area contributed by atoms with E-state index in [1.54, 1.807) is 6.07 Å². The number of hydrogen-bond acceptors (Lipinski definition) is 3. The topological polar surface area (TPSA) is 43.4 Å². The third kappa shape index (κ3) is 4.24. The van der Waals surface area contributed by atoms with E-state index in [4.69, 9.17) is 16.3 Å². The Labute approximate surface area is 117 Å². The van der Waals surface area contributed by atoms with Crippen molar-refractivity contribution in [2.75, 3.05) is 11.9 Å². The minimum Gasteiger partial charge on any atom is -0.491 e. The molecule has 0 aliphatic carbocycles. The van der Waals surface area contributed by atoms with Crippen molar-refractivity contribution < 1.29 is 13.2 Å². The molecule has 0 radical (unpaired) electrons. The maximum absolute atomic E-state index is 10.7. The van der Waals surface area contributed by atoms with Crippen LogP contribution in [0.2, 0.25) is 5.02 Å². The van der Waals surface area contributed by atoms with Crippen LogP contribution in [0, 0.1) is 0 Å². The van der Waals surface area contributed by atoms with Crippen LogP contribution < -0.4 is 4.74 Å². The van der Waals surface area contributed by atoms with Crippen LogP contribution in [0.1, 0.15) is 0 Å². The molecule has 0 bridgehead atoms. The summed E-state index contributed by atoms with van der Waals surface area (Å²) < 4.78 is 26.8. The fourth-order valence-corrected chi connectivity index (χ4v) is 2.01. The lowest BCUT2D eigenvalue weighted by Gasteiger charge is -2.10. The number of rotatable bonds is 5. The van der Waals surface area contributed by atoms with Crippen molar-refractivity contribution in [3.05, 3.63) is 23.2 Å². The molecule has 0 N–H and O–H groups in total. The molecule has 0 spiro atoms. The summed E-state index contributed by atoms with van der Waals surface area (Å²) in [5.74, 6) is 0.479. The van der Waals surface area contributed by atoms with Crippen molar-refractivity contribution >= 4 is 54.2 Å². The van der Waals surface area contributed by atoms with Gasteiger partial charge >= 0.3 is 0 Å². The first-order valence-electron chi connectivity index (χ1n) is 4.31. The largest absolute Gasteiger partial charge is 0.491 e. The number of benzene rings is 1. The minimum absolute atomic E-state index is 0.180. The summed E-state index contributed by atoms with van der Waals surface area (Å²) in [6.45, 7) is 0.452. The third-order valence-electron chi connectivity index (χ3n) is 1.71. The van der Waals surface area contributed by atoms with E-state index >= 15 is 0 Å². The standard InChI is InChI=1S/C9H9Br2ClO3S/c10-4-6(11)5-15-9-2-1-7(16(13)14)3-8(9)12/h1-3,6,16H,4-5H2. The van der Waals surface area contributed by atoms with Crippen molar-refractivity contribution in [2.24, 2.45) is 0 Å². The summed E-state index contributed by atoms with van der Waals surface area (Å²) in [6, 6.07) is 4.39. The molecule has 1 atom stereocenters. The lowest BCUT2D eigenvalue weighted by Crippen LogP contribution is -2.12. The predicted octanol–water partition coefficient (Wildman–Crippen LogP) is 2.85. The second-order valence-electron chi connectivity index (χ2n) is 2.93. The minimum atomic E-state index is -2.61. The van der Waals surface area contributed by atoms with Crippen LogP contribution in [0.15, 0.2) is 23.1 Å². The zero-order valence-corrected chi connectivity index (χ0v) is 12.9. The van der Waals surface area contributed by atoms with Gasteiger partial charge in [0.25, 0.3) is 0 Å². The summed E-state index contributed by atoms with van der Waals surface area (Å²) >= 11 is 12.6. The van der Waals surface area contributed by atoms with Crippen LogP contribution in [0.25, 0.3) is 0 Å². The van der Waals surface area contributed by atoms with E-state index in [1.807, 2.05) is 0 Å². The van der Waals surface area contributed by atoms with Gasteiger partial charge in [-0.3, -0.25) is 0 Å². The Balaban J connectivity index is 2.75. The summed E-state index contributed by atoms with van der Waals surface area (Å²) in [5.41, 5.74) is 0. The van der Waals surface area contributed by atoms with Gasteiger partial charge in [0.05, 0.1) is 14.7 Å². The molecule has 0 amide bonds. The van der Waals surface area contributed by atoms with Crippen molar-refractivity contribution in [2.45, 2.75) is 9.72 Å². The second-order valence-corrected chi connectivity index (χ2v) is 6.31. The lowest BCUT2D eigenvalue weighted by atomic mass is 10.3. The summed E-state index contributed by atoms with van der Waals surface area (Å²) in [5, 5.41) is 1.06. The quantitative estimate of drug-likeness (QED) is 0.619. The maximum Gasteiger partial charge on any atom is 0.168 e. The SMILES string of the molecule is O=[SH](=O)c1ccc(OCC(Br)CBr)c(Cl)c1. The van der Waals surface area contributed by atoms with Crippen LogP contribution in [0.3, 0.4) is 0 Å². The smallest absolute Gasteiger partial charge is 0.168 e. The number of thiol groups is 1. The fraction of sp³-hybridized carbons (Fsp3) is 0.333. The van der Waals surface area contributed by atoms with E-state index in [2.05, 4.69) is 31.9 Å². The average Bonchev–Trinajstić information content (AvgIpc) is 2.26.